The zero-order valence-corrected chi connectivity index (χ0v) is 16.4. The van der Waals surface area contributed by atoms with Gasteiger partial charge in [0.15, 0.2) is 5.82 Å². The third kappa shape index (κ3) is 3.51. The van der Waals surface area contributed by atoms with Gasteiger partial charge in [0.25, 0.3) is 0 Å². The molecule has 0 saturated carbocycles. The lowest BCUT2D eigenvalue weighted by molar-refractivity contribution is -0.127. The first-order valence-corrected chi connectivity index (χ1v) is 9.08. The number of likely N-dealkylation sites (N-methyl/N-ethyl adjacent to an activating group) is 1. The van der Waals surface area contributed by atoms with Crippen LogP contribution in [0.5, 0.6) is 0 Å². The fraction of sp³-hybridized carbons (Fsp3) is 0.667. The van der Waals surface area contributed by atoms with Crippen molar-refractivity contribution in [3.05, 3.63) is 28.7 Å². The highest BCUT2D eigenvalue weighted by atomic mass is 16.5. The Morgan fingerprint density at radius 2 is 2.04 bits per heavy atom. The van der Waals surface area contributed by atoms with Crippen molar-refractivity contribution in [3.8, 4) is 0 Å². The van der Waals surface area contributed by atoms with E-state index in [4.69, 9.17) is 4.52 Å². The van der Waals surface area contributed by atoms with Crippen molar-refractivity contribution in [1.82, 2.24) is 30.1 Å². The lowest BCUT2D eigenvalue weighted by atomic mass is 9.98. The Labute approximate surface area is 153 Å². The number of aryl methyl sites for hydroxylation is 2. The number of carbonyl (C=O) groups excluding carboxylic acids is 1. The molecule has 1 fully saturated rings. The summed E-state index contributed by atoms with van der Waals surface area (Å²) in [6, 6.07) is -0.0659. The molecule has 0 unspecified atom stereocenters. The molecule has 0 radical (unpaired) electrons. The van der Waals surface area contributed by atoms with Gasteiger partial charge in [0.2, 0.25) is 11.8 Å². The first-order valence-electron chi connectivity index (χ1n) is 9.08. The topological polar surface area (TPSA) is 89.1 Å². The van der Waals surface area contributed by atoms with Gasteiger partial charge in [0.05, 0.1) is 18.3 Å². The molecule has 8 nitrogen and oxygen atoms in total. The van der Waals surface area contributed by atoms with Crippen molar-refractivity contribution in [3.63, 3.8) is 0 Å². The van der Waals surface area contributed by atoms with E-state index in [9.17, 15) is 4.79 Å². The van der Waals surface area contributed by atoms with Crippen LogP contribution in [0.3, 0.4) is 0 Å². The molecular formula is C18H28N6O2. The van der Waals surface area contributed by atoms with Crippen molar-refractivity contribution in [2.75, 3.05) is 7.05 Å². The number of nitrogens with one attached hydrogen (secondary N) is 1. The quantitative estimate of drug-likeness (QED) is 0.843. The maximum atomic E-state index is 12.3. The number of aromatic nitrogens is 4. The first-order chi connectivity index (χ1) is 12.3. The number of amides is 1. The van der Waals surface area contributed by atoms with Crippen LogP contribution in [0.15, 0.2) is 4.52 Å². The molecule has 8 heteroatoms. The summed E-state index contributed by atoms with van der Waals surface area (Å²) in [5, 5.41) is 12.0. The number of hydrogen-bond acceptors (Lipinski definition) is 6. The van der Waals surface area contributed by atoms with E-state index < -0.39 is 0 Å². The van der Waals surface area contributed by atoms with Crippen molar-refractivity contribution < 1.29 is 9.32 Å². The second-order valence-corrected chi connectivity index (χ2v) is 7.55. The summed E-state index contributed by atoms with van der Waals surface area (Å²) in [5.41, 5.74) is 3.16. The van der Waals surface area contributed by atoms with Gasteiger partial charge in [-0.3, -0.25) is 9.48 Å². The Kier molecular flexibility index (Phi) is 5.13. The van der Waals surface area contributed by atoms with Crippen molar-refractivity contribution in [2.45, 2.75) is 59.2 Å². The highest BCUT2D eigenvalue weighted by Gasteiger charge is 2.41. The van der Waals surface area contributed by atoms with Crippen molar-refractivity contribution in [2.24, 2.45) is 13.0 Å². The SMILES string of the molecule is Cc1nn(C)c(C)c1[C@H]1[C@H](NCc2nc(CC(C)C)no2)CC(=O)N1C. The molecule has 0 aliphatic carbocycles. The van der Waals surface area contributed by atoms with Gasteiger partial charge in [-0.25, -0.2) is 0 Å². The standard InChI is InChI=1S/C18H28N6O2/c1-10(2)7-14-20-15(26-22-14)9-19-13-8-16(25)23(5)18(13)17-11(3)21-24(6)12(17)4/h10,13,18-19H,7-9H2,1-6H3/t13-,18-/m1/s1. The maximum Gasteiger partial charge on any atom is 0.240 e. The van der Waals surface area contributed by atoms with Crippen LogP contribution in [0.25, 0.3) is 0 Å². The van der Waals surface area contributed by atoms with Gasteiger partial charge in [0, 0.05) is 44.2 Å². The lowest BCUT2D eigenvalue weighted by Gasteiger charge is -2.26. The van der Waals surface area contributed by atoms with E-state index in [0.29, 0.717) is 24.8 Å². The highest BCUT2D eigenvalue weighted by molar-refractivity contribution is 5.80. The average Bonchev–Trinajstić information content (AvgIpc) is 3.18. The maximum absolute atomic E-state index is 12.3. The molecule has 1 N–H and O–H groups in total. The zero-order chi connectivity index (χ0) is 19.0. The molecule has 1 amide bonds. The van der Waals surface area contributed by atoms with Gasteiger partial charge < -0.3 is 14.7 Å². The van der Waals surface area contributed by atoms with Gasteiger partial charge >= 0.3 is 0 Å². The number of likely N-dealkylation sites (tertiary alicyclic amines) is 1. The molecule has 0 aromatic carbocycles. The zero-order valence-electron chi connectivity index (χ0n) is 16.4. The van der Waals surface area contributed by atoms with Gasteiger partial charge in [0.1, 0.15) is 0 Å². The summed E-state index contributed by atoms with van der Waals surface area (Å²) >= 11 is 0. The number of hydrogen-bond donors (Lipinski definition) is 1. The average molecular weight is 360 g/mol. The molecular weight excluding hydrogens is 332 g/mol. The van der Waals surface area contributed by atoms with Crippen LogP contribution in [0.2, 0.25) is 0 Å². The van der Waals surface area contributed by atoms with Gasteiger partial charge in [-0.1, -0.05) is 19.0 Å². The smallest absolute Gasteiger partial charge is 0.240 e. The molecule has 2 aromatic rings. The van der Waals surface area contributed by atoms with E-state index in [2.05, 4.69) is 34.4 Å². The van der Waals surface area contributed by atoms with Crippen LogP contribution >= 0.6 is 0 Å². The minimum Gasteiger partial charge on any atom is -0.338 e. The molecule has 1 aliphatic rings. The van der Waals surface area contributed by atoms with Gasteiger partial charge in [-0.2, -0.15) is 10.1 Å². The fourth-order valence-corrected chi connectivity index (χ4v) is 3.69. The number of carbonyl (C=O) groups is 1. The minimum atomic E-state index is -0.0470. The van der Waals surface area contributed by atoms with E-state index in [1.165, 1.54) is 0 Å². The summed E-state index contributed by atoms with van der Waals surface area (Å²) in [6.45, 7) is 8.73. The molecule has 26 heavy (non-hydrogen) atoms. The third-order valence-electron chi connectivity index (χ3n) is 5.06. The molecule has 1 saturated heterocycles. The lowest BCUT2D eigenvalue weighted by Crippen LogP contribution is -2.35. The van der Waals surface area contributed by atoms with Crippen LogP contribution in [0, 0.1) is 19.8 Å². The Morgan fingerprint density at radius 1 is 1.31 bits per heavy atom. The van der Waals surface area contributed by atoms with Crippen LogP contribution in [-0.4, -0.2) is 43.8 Å². The fourth-order valence-electron chi connectivity index (χ4n) is 3.69. The Hall–Kier alpha value is -2.22. The third-order valence-corrected chi connectivity index (χ3v) is 5.06. The minimum absolute atomic E-state index is 0.0189. The monoisotopic (exact) mass is 360 g/mol. The van der Waals surface area contributed by atoms with Crippen LogP contribution < -0.4 is 5.32 Å². The molecule has 2 atom stereocenters. The summed E-state index contributed by atoms with van der Waals surface area (Å²) in [5.74, 6) is 1.89. The van der Waals surface area contributed by atoms with Crippen molar-refractivity contribution in [1.29, 1.82) is 0 Å². The second-order valence-electron chi connectivity index (χ2n) is 7.55. The van der Waals surface area contributed by atoms with Crippen LogP contribution in [0.1, 0.15) is 55.0 Å². The number of nitrogens with zero attached hydrogens (tertiary/aromatic N) is 5. The van der Waals surface area contributed by atoms with E-state index >= 15 is 0 Å². The second kappa shape index (κ2) is 7.19. The normalized spacial score (nSPS) is 20.6. The largest absolute Gasteiger partial charge is 0.338 e. The molecule has 3 heterocycles. The van der Waals surface area contributed by atoms with E-state index in [-0.39, 0.29) is 18.0 Å². The summed E-state index contributed by atoms with van der Waals surface area (Å²) in [6.07, 6.45) is 1.24. The molecule has 2 aromatic heterocycles. The van der Waals surface area contributed by atoms with E-state index in [1.54, 1.807) is 0 Å². The van der Waals surface area contributed by atoms with Crippen molar-refractivity contribution >= 4 is 5.91 Å². The Balaban J connectivity index is 1.75. The summed E-state index contributed by atoms with van der Waals surface area (Å²) < 4.78 is 7.20. The van der Waals surface area contributed by atoms with Gasteiger partial charge in [-0.05, 0) is 19.8 Å². The molecule has 3 rings (SSSR count). The summed E-state index contributed by atoms with van der Waals surface area (Å²) in [4.78, 5) is 18.6. The van der Waals surface area contributed by atoms with Crippen LogP contribution in [-0.2, 0) is 24.8 Å². The van der Waals surface area contributed by atoms with Gasteiger partial charge in [-0.15, -0.1) is 0 Å². The van der Waals surface area contributed by atoms with E-state index in [1.807, 2.05) is 37.5 Å². The van der Waals surface area contributed by atoms with Crippen LogP contribution in [0.4, 0.5) is 0 Å². The predicted octanol–water partition coefficient (Wildman–Crippen LogP) is 1.68. The first kappa shape index (κ1) is 18.6. The van der Waals surface area contributed by atoms with E-state index in [0.717, 1.165) is 29.2 Å². The molecule has 0 spiro atoms. The highest BCUT2D eigenvalue weighted by Crippen LogP contribution is 2.35. The summed E-state index contributed by atoms with van der Waals surface area (Å²) in [7, 11) is 3.79. The predicted molar refractivity (Wildman–Crippen MR) is 96.3 cm³/mol. The molecule has 142 valence electrons. The molecule has 0 bridgehead atoms. The Bertz CT molecular complexity index is 794. The molecule has 1 aliphatic heterocycles. The Morgan fingerprint density at radius 3 is 2.65 bits per heavy atom. The number of rotatable bonds is 6.